The lowest BCUT2D eigenvalue weighted by molar-refractivity contribution is 0.0651. The molecule has 0 unspecified atom stereocenters. The van der Waals surface area contributed by atoms with E-state index in [0.717, 1.165) is 6.07 Å². The van der Waals surface area contributed by atoms with E-state index < -0.39 is 17.6 Å². The molecule has 2 heterocycles. The predicted molar refractivity (Wildman–Crippen MR) is 57.4 cm³/mol. The maximum absolute atomic E-state index is 11.7. The number of aryl methyl sites for hydroxylation is 1. The van der Waals surface area contributed by atoms with Gasteiger partial charge in [0.2, 0.25) is 11.6 Å². The summed E-state index contributed by atoms with van der Waals surface area (Å²) in [5, 5.41) is 18.0. The van der Waals surface area contributed by atoms with Crippen LogP contribution in [0.3, 0.4) is 0 Å². The summed E-state index contributed by atoms with van der Waals surface area (Å²) in [5.41, 5.74) is 1.18. The van der Waals surface area contributed by atoms with Gasteiger partial charge in [-0.1, -0.05) is 10.3 Å². The SMILES string of the molecule is Cc1noc(NC(=O)c2cc(C(=O)O)on2)c1C. The maximum Gasteiger partial charge on any atom is 0.374 e. The standard InChI is InChI=1S/C10H9N3O5/c1-4-5(2)12-18-9(4)11-8(14)6-3-7(10(15)16)17-13-6/h3H,1-2H3,(H,11,14)(H,15,16). The molecule has 8 heteroatoms. The number of anilines is 1. The van der Waals surface area contributed by atoms with Crippen LogP contribution in [0.4, 0.5) is 5.88 Å². The summed E-state index contributed by atoms with van der Waals surface area (Å²) >= 11 is 0. The van der Waals surface area contributed by atoms with E-state index in [1.807, 2.05) is 0 Å². The maximum atomic E-state index is 11.7. The minimum atomic E-state index is -1.30. The molecule has 0 aromatic carbocycles. The van der Waals surface area contributed by atoms with Gasteiger partial charge >= 0.3 is 5.97 Å². The third-order valence-electron chi connectivity index (χ3n) is 2.34. The quantitative estimate of drug-likeness (QED) is 0.841. The van der Waals surface area contributed by atoms with Crippen molar-refractivity contribution in [2.24, 2.45) is 0 Å². The molecule has 2 N–H and O–H groups in total. The van der Waals surface area contributed by atoms with E-state index in [1.54, 1.807) is 13.8 Å². The zero-order chi connectivity index (χ0) is 13.3. The van der Waals surface area contributed by atoms with Crippen LogP contribution in [0.1, 0.15) is 32.3 Å². The van der Waals surface area contributed by atoms with Gasteiger partial charge in [0.15, 0.2) is 5.69 Å². The molecule has 2 aromatic rings. The highest BCUT2D eigenvalue weighted by atomic mass is 16.5. The van der Waals surface area contributed by atoms with E-state index in [9.17, 15) is 9.59 Å². The van der Waals surface area contributed by atoms with Gasteiger partial charge in [0.1, 0.15) is 0 Å². The topological polar surface area (TPSA) is 118 Å². The second-order valence-corrected chi connectivity index (χ2v) is 3.56. The molecule has 18 heavy (non-hydrogen) atoms. The molecule has 0 saturated heterocycles. The molecule has 0 aliphatic carbocycles. The van der Waals surface area contributed by atoms with Crippen LogP contribution in [-0.2, 0) is 0 Å². The van der Waals surface area contributed by atoms with Crippen LogP contribution in [-0.4, -0.2) is 27.3 Å². The molecule has 0 radical (unpaired) electrons. The lowest BCUT2D eigenvalue weighted by Crippen LogP contribution is -2.12. The Morgan fingerprint density at radius 3 is 2.50 bits per heavy atom. The molecule has 0 aliphatic rings. The van der Waals surface area contributed by atoms with E-state index >= 15 is 0 Å². The Kier molecular flexibility index (Phi) is 2.84. The Bertz CT molecular complexity index is 613. The first-order valence-electron chi connectivity index (χ1n) is 4.93. The molecule has 0 aliphatic heterocycles. The van der Waals surface area contributed by atoms with Gasteiger partial charge < -0.3 is 14.2 Å². The number of carbonyl (C=O) groups is 2. The second kappa shape index (κ2) is 4.32. The number of nitrogens with zero attached hydrogens (tertiary/aromatic N) is 2. The summed E-state index contributed by atoms with van der Waals surface area (Å²) in [6.45, 7) is 3.46. The lowest BCUT2D eigenvalue weighted by atomic mass is 10.3. The minimum absolute atomic E-state index is 0.152. The molecular weight excluding hydrogens is 242 g/mol. The van der Waals surface area contributed by atoms with Crippen LogP contribution in [0, 0.1) is 13.8 Å². The van der Waals surface area contributed by atoms with E-state index in [2.05, 4.69) is 20.2 Å². The van der Waals surface area contributed by atoms with Crippen LogP contribution >= 0.6 is 0 Å². The summed E-state index contributed by atoms with van der Waals surface area (Å²) in [6.07, 6.45) is 0. The highest BCUT2D eigenvalue weighted by Gasteiger charge is 2.19. The zero-order valence-electron chi connectivity index (χ0n) is 9.55. The van der Waals surface area contributed by atoms with Crippen LogP contribution in [0.5, 0.6) is 0 Å². The van der Waals surface area contributed by atoms with Crippen molar-refractivity contribution in [3.05, 3.63) is 28.8 Å². The molecule has 2 aromatic heterocycles. The number of carbonyl (C=O) groups excluding carboxylic acids is 1. The molecule has 1 amide bonds. The first-order chi connectivity index (χ1) is 8.49. The molecule has 2 rings (SSSR count). The number of carboxylic acid groups (broad SMARTS) is 1. The van der Waals surface area contributed by atoms with Crippen molar-refractivity contribution in [2.45, 2.75) is 13.8 Å². The van der Waals surface area contributed by atoms with Crippen LogP contribution < -0.4 is 5.32 Å². The number of nitrogens with one attached hydrogen (secondary N) is 1. The second-order valence-electron chi connectivity index (χ2n) is 3.56. The number of carboxylic acids is 1. The van der Waals surface area contributed by atoms with Gasteiger partial charge in [0, 0.05) is 11.6 Å². The minimum Gasteiger partial charge on any atom is -0.475 e. The molecule has 94 valence electrons. The fourth-order valence-electron chi connectivity index (χ4n) is 1.18. The molecular formula is C10H9N3O5. The van der Waals surface area contributed by atoms with Gasteiger partial charge in [-0.15, -0.1) is 0 Å². The fourth-order valence-corrected chi connectivity index (χ4v) is 1.18. The van der Waals surface area contributed by atoms with E-state index in [0.29, 0.717) is 11.3 Å². The van der Waals surface area contributed by atoms with Crippen molar-refractivity contribution in [3.8, 4) is 0 Å². The highest BCUT2D eigenvalue weighted by molar-refractivity contribution is 6.03. The van der Waals surface area contributed by atoms with E-state index in [1.165, 1.54) is 0 Å². The Morgan fingerprint density at radius 2 is 2.00 bits per heavy atom. The number of rotatable bonds is 3. The third-order valence-corrected chi connectivity index (χ3v) is 2.34. The van der Waals surface area contributed by atoms with Gasteiger partial charge in [-0.3, -0.25) is 10.1 Å². The average molecular weight is 251 g/mol. The van der Waals surface area contributed by atoms with Crippen LogP contribution in [0.2, 0.25) is 0 Å². The van der Waals surface area contributed by atoms with Gasteiger partial charge in [0.25, 0.3) is 5.91 Å². The molecule has 0 fully saturated rings. The highest BCUT2D eigenvalue weighted by Crippen LogP contribution is 2.18. The summed E-state index contributed by atoms with van der Waals surface area (Å²) in [6, 6.07) is 1.02. The van der Waals surface area contributed by atoms with Gasteiger partial charge in [-0.05, 0) is 13.8 Å². The van der Waals surface area contributed by atoms with E-state index in [4.69, 9.17) is 9.63 Å². The largest absolute Gasteiger partial charge is 0.475 e. The summed E-state index contributed by atoms with van der Waals surface area (Å²) in [4.78, 5) is 22.3. The number of hydrogen-bond donors (Lipinski definition) is 2. The van der Waals surface area contributed by atoms with Crippen molar-refractivity contribution in [1.82, 2.24) is 10.3 Å². The number of hydrogen-bond acceptors (Lipinski definition) is 6. The van der Waals surface area contributed by atoms with Gasteiger partial charge in [-0.2, -0.15) is 0 Å². The van der Waals surface area contributed by atoms with Crippen molar-refractivity contribution >= 4 is 17.8 Å². The first-order valence-corrected chi connectivity index (χ1v) is 4.93. The van der Waals surface area contributed by atoms with Crippen LogP contribution in [0.25, 0.3) is 0 Å². The Morgan fingerprint density at radius 1 is 1.28 bits per heavy atom. The monoisotopic (exact) mass is 251 g/mol. The van der Waals surface area contributed by atoms with Gasteiger partial charge in [-0.25, -0.2) is 4.79 Å². The lowest BCUT2D eigenvalue weighted by Gasteiger charge is -1.97. The van der Waals surface area contributed by atoms with Gasteiger partial charge in [0.05, 0.1) is 5.69 Å². The van der Waals surface area contributed by atoms with Crippen LogP contribution in [0.15, 0.2) is 15.1 Å². The van der Waals surface area contributed by atoms with E-state index in [-0.39, 0.29) is 11.6 Å². The Hall–Kier alpha value is -2.64. The average Bonchev–Trinajstić information content (AvgIpc) is 2.91. The Balaban J connectivity index is 2.17. The molecule has 0 saturated carbocycles. The molecule has 8 nitrogen and oxygen atoms in total. The molecule has 0 spiro atoms. The molecule has 0 bridgehead atoms. The summed E-state index contributed by atoms with van der Waals surface area (Å²) < 4.78 is 9.35. The normalized spacial score (nSPS) is 10.3. The number of aromatic nitrogens is 2. The number of aromatic carboxylic acids is 1. The first kappa shape index (κ1) is 11.8. The third kappa shape index (κ3) is 2.08. The molecule has 0 atom stereocenters. The summed E-state index contributed by atoms with van der Waals surface area (Å²) in [7, 11) is 0. The number of amides is 1. The Labute approximate surface area is 101 Å². The van der Waals surface area contributed by atoms with Crippen molar-refractivity contribution in [2.75, 3.05) is 5.32 Å². The van der Waals surface area contributed by atoms with Crippen molar-refractivity contribution in [3.63, 3.8) is 0 Å². The summed E-state index contributed by atoms with van der Waals surface area (Å²) in [5.74, 6) is -2.15. The smallest absolute Gasteiger partial charge is 0.374 e. The fraction of sp³-hybridized carbons (Fsp3) is 0.200. The van der Waals surface area contributed by atoms with Crippen molar-refractivity contribution < 1.29 is 23.7 Å². The van der Waals surface area contributed by atoms with Crippen molar-refractivity contribution in [1.29, 1.82) is 0 Å². The predicted octanol–water partition coefficient (Wildman–Crippen LogP) is 1.23. The zero-order valence-corrected chi connectivity index (χ0v) is 9.55.